The lowest BCUT2D eigenvalue weighted by Crippen LogP contribution is -2.39. The second kappa shape index (κ2) is 4.64. The maximum Gasteiger partial charge on any atom is 0.261 e. The van der Waals surface area contributed by atoms with E-state index < -0.39 is 10.0 Å². The van der Waals surface area contributed by atoms with Crippen molar-refractivity contribution in [2.45, 2.75) is 30.9 Å². The quantitative estimate of drug-likeness (QED) is 0.845. The number of imidazole rings is 1. The SMILES string of the molecule is Cc1nc(S(=O)(=O)N(C)CC2CC(O)C2)cn1C. The number of hydrogen-bond acceptors (Lipinski definition) is 4. The van der Waals surface area contributed by atoms with Crippen molar-refractivity contribution in [2.75, 3.05) is 13.6 Å². The number of aromatic nitrogens is 2. The van der Waals surface area contributed by atoms with E-state index in [1.165, 1.54) is 10.5 Å². The van der Waals surface area contributed by atoms with Gasteiger partial charge in [-0.05, 0) is 25.7 Å². The summed E-state index contributed by atoms with van der Waals surface area (Å²) in [5.41, 5.74) is 0. The fraction of sp³-hybridized carbons (Fsp3) is 0.727. The lowest BCUT2D eigenvalue weighted by atomic mass is 9.82. The summed E-state index contributed by atoms with van der Waals surface area (Å²) in [5.74, 6) is 0.922. The zero-order valence-electron chi connectivity index (χ0n) is 10.9. The summed E-state index contributed by atoms with van der Waals surface area (Å²) in [6.45, 7) is 2.20. The van der Waals surface area contributed by atoms with Crippen molar-refractivity contribution in [3.8, 4) is 0 Å². The molecule has 1 saturated carbocycles. The third-order valence-electron chi connectivity index (χ3n) is 3.49. The minimum atomic E-state index is -3.51. The molecule has 0 unspecified atom stereocenters. The van der Waals surface area contributed by atoms with Gasteiger partial charge in [-0.25, -0.2) is 13.4 Å². The molecule has 1 aliphatic carbocycles. The molecule has 1 aromatic rings. The van der Waals surface area contributed by atoms with E-state index in [4.69, 9.17) is 0 Å². The van der Waals surface area contributed by atoms with Crippen LogP contribution in [0.15, 0.2) is 11.2 Å². The Morgan fingerprint density at radius 1 is 1.56 bits per heavy atom. The van der Waals surface area contributed by atoms with Crippen LogP contribution in [0.25, 0.3) is 0 Å². The Hall–Kier alpha value is -0.920. The molecule has 0 aliphatic heterocycles. The molecule has 1 aliphatic rings. The molecule has 2 rings (SSSR count). The molecule has 0 aromatic carbocycles. The molecular weight excluding hydrogens is 254 g/mol. The molecule has 1 fully saturated rings. The highest BCUT2D eigenvalue weighted by molar-refractivity contribution is 7.89. The molecule has 0 atom stereocenters. The molecule has 1 N–H and O–H groups in total. The first-order valence-corrected chi connectivity index (χ1v) is 7.39. The van der Waals surface area contributed by atoms with E-state index in [1.807, 2.05) is 0 Å². The van der Waals surface area contributed by atoms with Crippen LogP contribution >= 0.6 is 0 Å². The van der Waals surface area contributed by atoms with Gasteiger partial charge in [-0.15, -0.1) is 0 Å². The molecule has 0 radical (unpaired) electrons. The van der Waals surface area contributed by atoms with E-state index in [9.17, 15) is 13.5 Å². The molecule has 102 valence electrons. The summed E-state index contributed by atoms with van der Waals surface area (Å²) in [5, 5.41) is 9.29. The van der Waals surface area contributed by atoms with E-state index in [1.54, 1.807) is 25.6 Å². The molecule has 0 amide bonds. The summed E-state index contributed by atoms with van der Waals surface area (Å²) in [7, 11) is -0.183. The zero-order valence-corrected chi connectivity index (χ0v) is 11.7. The van der Waals surface area contributed by atoms with Crippen molar-refractivity contribution < 1.29 is 13.5 Å². The Labute approximate surface area is 107 Å². The normalized spacial score (nSPS) is 24.3. The monoisotopic (exact) mass is 273 g/mol. The molecule has 0 spiro atoms. The Kier molecular flexibility index (Phi) is 3.48. The van der Waals surface area contributed by atoms with Crippen LogP contribution in [-0.4, -0.2) is 47.1 Å². The zero-order chi connectivity index (χ0) is 13.5. The van der Waals surface area contributed by atoms with Crippen molar-refractivity contribution in [1.82, 2.24) is 13.9 Å². The predicted molar refractivity (Wildman–Crippen MR) is 66.5 cm³/mol. The molecule has 0 bridgehead atoms. The lowest BCUT2D eigenvalue weighted by Gasteiger charge is -2.33. The van der Waals surface area contributed by atoms with Crippen LogP contribution in [0.3, 0.4) is 0 Å². The lowest BCUT2D eigenvalue weighted by molar-refractivity contribution is 0.0367. The first kappa shape index (κ1) is 13.5. The Morgan fingerprint density at radius 2 is 2.17 bits per heavy atom. The number of hydrogen-bond donors (Lipinski definition) is 1. The largest absolute Gasteiger partial charge is 0.393 e. The highest BCUT2D eigenvalue weighted by Gasteiger charge is 2.32. The highest BCUT2D eigenvalue weighted by atomic mass is 32.2. The minimum absolute atomic E-state index is 0.0878. The Bertz CT molecular complexity index is 512. The molecule has 0 saturated heterocycles. The molecule has 6 nitrogen and oxygen atoms in total. The van der Waals surface area contributed by atoms with Crippen LogP contribution in [0.4, 0.5) is 0 Å². The van der Waals surface area contributed by atoms with Gasteiger partial charge in [0.05, 0.1) is 6.10 Å². The van der Waals surface area contributed by atoms with Crippen LogP contribution in [0.5, 0.6) is 0 Å². The predicted octanol–water partition coefficient (Wildman–Crippen LogP) is 0.120. The topological polar surface area (TPSA) is 75.4 Å². The first-order valence-electron chi connectivity index (χ1n) is 5.95. The van der Waals surface area contributed by atoms with Gasteiger partial charge < -0.3 is 9.67 Å². The second-order valence-electron chi connectivity index (χ2n) is 5.01. The molecule has 1 heterocycles. The Morgan fingerprint density at radius 3 is 2.61 bits per heavy atom. The molecule has 18 heavy (non-hydrogen) atoms. The fourth-order valence-electron chi connectivity index (χ4n) is 2.12. The third-order valence-corrected chi connectivity index (χ3v) is 5.18. The summed E-state index contributed by atoms with van der Waals surface area (Å²) in [6, 6.07) is 0. The third kappa shape index (κ3) is 2.43. The van der Waals surface area contributed by atoms with Crippen molar-refractivity contribution in [3.63, 3.8) is 0 Å². The number of nitrogens with zero attached hydrogens (tertiary/aromatic N) is 3. The van der Waals surface area contributed by atoms with Crippen LogP contribution < -0.4 is 0 Å². The maximum atomic E-state index is 12.2. The minimum Gasteiger partial charge on any atom is -0.393 e. The van der Waals surface area contributed by atoms with Crippen molar-refractivity contribution in [3.05, 3.63) is 12.0 Å². The molecule has 1 aromatic heterocycles. The van der Waals surface area contributed by atoms with Gasteiger partial charge in [0.2, 0.25) is 0 Å². The van der Waals surface area contributed by atoms with E-state index in [0.29, 0.717) is 25.2 Å². The van der Waals surface area contributed by atoms with Gasteiger partial charge in [0.25, 0.3) is 10.0 Å². The van der Waals surface area contributed by atoms with E-state index in [0.717, 1.165) is 0 Å². The summed E-state index contributed by atoms with van der Waals surface area (Å²) >= 11 is 0. The number of aliphatic hydroxyl groups is 1. The smallest absolute Gasteiger partial charge is 0.261 e. The number of aryl methyl sites for hydroxylation is 2. The van der Waals surface area contributed by atoms with Gasteiger partial charge in [0, 0.05) is 26.8 Å². The van der Waals surface area contributed by atoms with Crippen molar-refractivity contribution in [2.24, 2.45) is 13.0 Å². The summed E-state index contributed by atoms with van der Waals surface area (Å²) in [6.07, 6.45) is 2.63. The van der Waals surface area contributed by atoms with E-state index in [2.05, 4.69) is 4.98 Å². The van der Waals surface area contributed by atoms with E-state index >= 15 is 0 Å². The fourth-order valence-corrected chi connectivity index (χ4v) is 3.39. The van der Waals surface area contributed by atoms with E-state index in [-0.39, 0.29) is 17.0 Å². The van der Waals surface area contributed by atoms with Crippen LogP contribution in [0, 0.1) is 12.8 Å². The number of sulfonamides is 1. The molecular formula is C11H19N3O3S. The summed E-state index contributed by atoms with van der Waals surface area (Å²) in [4.78, 5) is 4.05. The van der Waals surface area contributed by atoms with Crippen LogP contribution in [0.1, 0.15) is 18.7 Å². The van der Waals surface area contributed by atoms with Gasteiger partial charge in [-0.1, -0.05) is 0 Å². The van der Waals surface area contributed by atoms with Crippen LogP contribution in [0.2, 0.25) is 0 Å². The van der Waals surface area contributed by atoms with Gasteiger partial charge in [0.1, 0.15) is 5.82 Å². The first-order chi connectivity index (χ1) is 8.30. The maximum absolute atomic E-state index is 12.2. The van der Waals surface area contributed by atoms with Crippen molar-refractivity contribution >= 4 is 10.0 Å². The average molecular weight is 273 g/mol. The molecule has 7 heteroatoms. The summed E-state index contributed by atoms with van der Waals surface area (Å²) < 4.78 is 27.5. The Balaban J connectivity index is 2.10. The van der Waals surface area contributed by atoms with Gasteiger partial charge in [0.15, 0.2) is 5.03 Å². The van der Waals surface area contributed by atoms with Crippen molar-refractivity contribution in [1.29, 1.82) is 0 Å². The number of aliphatic hydroxyl groups excluding tert-OH is 1. The van der Waals surface area contributed by atoms with Gasteiger partial charge >= 0.3 is 0 Å². The highest BCUT2D eigenvalue weighted by Crippen LogP contribution is 2.29. The van der Waals surface area contributed by atoms with Crippen LogP contribution in [-0.2, 0) is 17.1 Å². The standard InChI is InChI=1S/C11H19N3O3S/c1-8-12-11(7-13(8)2)18(16,17)14(3)6-9-4-10(15)5-9/h7,9-10,15H,4-6H2,1-3H3. The number of rotatable bonds is 4. The average Bonchev–Trinajstić information content (AvgIpc) is 2.57. The second-order valence-corrected chi connectivity index (χ2v) is 7.01. The van der Waals surface area contributed by atoms with Gasteiger partial charge in [-0.3, -0.25) is 0 Å². The van der Waals surface area contributed by atoms with Gasteiger partial charge in [-0.2, -0.15) is 4.31 Å².